The normalized spacial score (nSPS) is 18.3. The maximum atomic E-state index is 12.4. The van der Waals surface area contributed by atoms with Crippen LogP contribution in [0.3, 0.4) is 0 Å². The van der Waals surface area contributed by atoms with E-state index < -0.39 is 0 Å². The fourth-order valence-corrected chi connectivity index (χ4v) is 4.81. The molecule has 0 saturated heterocycles. The van der Waals surface area contributed by atoms with Gasteiger partial charge in [-0.05, 0) is 67.0 Å². The Morgan fingerprint density at radius 2 is 2.15 bits per heavy atom. The van der Waals surface area contributed by atoms with Gasteiger partial charge in [0, 0.05) is 17.0 Å². The number of amides is 2. The maximum absolute atomic E-state index is 12.4. The van der Waals surface area contributed by atoms with Gasteiger partial charge in [-0.25, -0.2) is 0 Å². The summed E-state index contributed by atoms with van der Waals surface area (Å²) in [5.41, 5.74) is 3.30. The van der Waals surface area contributed by atoms with Crippen LogP contribution in [-0.2, 0) is 24.1 Å². The number of nitrogens with one attached hydrogen (secondary N) is 2. The van der Waals surface area contributed by atoms with E-state index in [9.17, 15) is 9.59 Å². The van der Waals surface area contributed by atoms with E-state index >= 15 is 0 Å². The predicted molar refractivity (Wildman–Crippen MR) is 107 cm³/mol. The van der Waals surface area contributed by atoms with Crippen LogP contribution in [0.25, 0.3) is 0 Å². The van der Waals surface area contributed by atoms with Crippen molar-refractivity contribution in [3.63, 3.8) is 0 Å². The molecule has 2 heterocycles. The Morgan fingerprint density at radius 3 is 3.04 bits per heavy atom. The van der Waals surface area contributed by atoms with Gasteiger partial charge < -0.3 is 15.4 Å². The number of fused-ring (bicyclic) bond motifs is 2. The molecule has 2 amide bonds. The molecule has 0 spiro atoms. The van der Waals surface area contributed by atoms with Gasteiger partial charge in [0.1, 0.15) is 12.4 Å². The van der Waals surface area contributed by atoms with Gasteiger partial charge >= 0.3 is 0 Å². The lowest BCUT2D eigenvalue weighted by Gasteiger charge is -2.17. The van der Waals surface area contributed by atoms with E-state index in [1.165, 1.54) is 16.9 Å². The molecule has 1 atom stereocenters. The molecule has 1 unspecified atom stereocenters. The molecule has 0 radical (unpaired) electrons. The standard InChI is InChI=1S/C21H24N2O3S/c1-13-2-6-18-15(10-13)12-19(27-18)21(25)22-8-9-26-16-4-5-17-14(11-16)3-7-20(24)23-17/h4-5,11-13H,2-3,6-10H2,1H3,(H,22,25)(H,23,24). The van der Waals surface area contributed by atoms with Crippen LogP contribution in [0.4, 0.5) is 5.69 Å². The predicted octanol–water partition coefficient (Wildman–Crippen LogP) is 3.57. The highest BCUT2D eigenvalue weighted by molar-refractivity contribution is 7.14. The molecule has 4 rings (SSSR count). The summed E-state index contributed by atoms with van der Waals surface area (Å²) in [6.07, 6.45) is 4.64. The first-order chi connectivity index (χ1) is 13.1. The molecule has 1 aliphatic carbocycles. The van der Waals surface area contributed by atoms with Crippen molar-refractivity contribution >= 4 is 28.8 Å². The molecule has 0 fully saturated rings. The number of anilines is 1. The van der Waals surface area contributed by atoms with Crippen molar-refractivity contribution < 1.29 is 14.3 Å². The molecule has 1 aliphatic heterocycles. The lowest BCUT2D eigenvalue weighted by Crippen LogP contribution is -2.27. The number of carbonyl (C=O) groups excluding carboxylic acids is 2. The van der Waals surface area contributed by atoms with Crippen LogP contribution in [-0.4, -0.2) is 25.0 Å². The Bertz CT molecular complexity index is 874. The van der Waals surface area contributed by atoms with Crippen molar-refractivity contribution in [2.45, 2.75) is 39.0 Å². The third-order valence-corrected chi connectivity index (χ3v) is 6.42. The summed E-state index contributed by atoms with van der Waals surface area (Å²) in [6, 6.07) is 7.74. The first-order valence-electron chi connectivity index (χ1n) is 9.54. The number of benzene rings is 1. The van der Waals surface area contributed by atoms with Gasteiger partial charge in [0.05, 0.1) is 11.4 Å². The number of hydrogen-bond donors (Lipinski definition) is 2. The fourth-order valence-electron chi connectivity index (χ4n) is 3.69. The highest BCUT2D eigenvalue weighted by Crippen LogP contribution is 2.32. The lowest BCUT2D eigenvalue weighted by molar-refractivity contribution is -0.116. The number of ether oxygens (including phenoxy) is 1. The smallest absolute Gasteiger partial charge is 0.261 e. The summed E-state index contributed by atoms with van der Waals surface area (Å²) >= 11 is 1.63. The second-order valence-electron chi connectivity index (χ2n) is 7.38. The van der Waals surface area contributed by atoms with Gasteiger partial charge in [-0.3, -0.25) is 9.59 Å². The molecule has 1 aromatic carbocycles. The summed E-state index contributed by atoms with van der Waals surface area (Å²) in [7, 11) is 0. The molecule has 27 heavy (non-hydrogen) atoms. The molecule has 2 aliphatic rings. The van der Waals surface area contributed by atoms with Crippen molar-refractivity contribution in [2.75, 3.05) is 18.5 Å². The number of hydrogen-bond acceptors (Lipinski definition) is 4. The second-order valence-corrected chi connectivity index (χ2v) is 8.52. The Labute approximate surface area is 163 Å². The van der Waals surface area contributed by atoms with Gasteiger partial charge in [0.15, 0.2) is 0 Å². The zero-order valence-electron chi connectivity index (χ0n) is 15.5. The highest BCUT2D eigenvalue weighted by Gasteiger charge is 2.20. The van der Waals surface area contributed by atoms with Crippen molar-refractivity contribution in [3.8, 4) is 5.75 Å². The van der Waals surface area contributed by atoms with Gasteiger partial charge in [-0.15, -0.1) is 11.3 Å². The molecule has 2 aromatic rings. The molecule has 6 heteroatoms. The van der Waals surface area contributed by atoms with E-state index in [-0.39, 0.29) is 11.8 Å². The summed E-state index contributed by atoms with van der Waals surface area (Å²) in [5, 5.41) is 5.81. The first kappa shape index (κ1) is 18.0. The first-order valence-corrected chi connectivity index (χ1v) is 10.4. The van der Waals surface area contributed by atoms with Gasteiger partial charge in [-0.2, -0.15) is 0 Å². The van der Waals surface area contributed by atoms with Crippen molar-refractivity contribution in [1.82, 2.24) is 5.32 Å². The number of carbonyl (C=O) groups is 2. The molecular formula is C21H24N2O3S. The monoisotopic (exact) mass is 384 g/mol. The average Bonchev–Trinajstić information content (AvgIpc) is 3.08. The zero-order valence-corrected chi connectivity index (χ0v) is 16.3. The molecule has 1 aromatic heterocycles. The van der Waals surface area contributed by atoms with Gasteiger partial charge in [0.2, 0.25) is 5.91 Å². The summed E-state index contributed by atoms with van der Waals surface area (Å²) < 4.78 is 5.76. The minimum atomic E-state index is -0.0150. The molecule has 0 saturated carbocycles. The van der Waals surface area contributed by atoms with Crippen LogP contribution in [0.2, 0.25) is 0 Å². The summed E-state index contributed by atoms with van der Waals surface area (Å²) in [5.74, 6) is 1.52. The summed E-state index contributed by atoms with van der Waals surface area (Å²) in [4.78, 5) is 26.0. The zero-order chi connectivity index (χ0) is 18.8. The average molecular weight is 385 g/mol. The number of thiophene rings is 1. The maximum Gasteiger partial charge on any atom is 0.261 e. The third-order valence-electron chi connectivity index (χ3n) is 5.18. The largest absolute Gasteiger partial charge is 0.492 e. The Balaban J connectivity index is 1.27. The minimum Gasteiger partial charge on any atom is -0.492 e. The molecule has 5 nitrogen and oxygen atoms in total. The topological polar surface area (TPSA) is 67.4 Å². The third kappa shape index (κ3) is 4.16. The van der Waals surface area contributed by atoms with Crippen LogP contribution in [0.1, 0.15) is 45.4 Å². The van der Waals surface area contributed by atoms with Crippen molar-refractivity contribution in [2.24, 2.45) is 5.92 Å². The van der Waals surface area contributed by atoms with Crippen LogP contribution < -0.4 is 15.4 Å². The van der Waals surface area contributed by atoms with Crippen molar-refractivity contribution in [3.05, 3.63) is 45.1 Å². The second kappa shape index (κ2) is 7.72. The van der Waals surface area contributed by atoms with E-state index in [0.717, 1.165) is 41.1 Å². The van der Waals surface area contributed by atoms with Crippen molar-refractivity contribution in [1.29, 1.82) is 0 Å². The highest BCUT2D eigenvalue weighted by atomic mass is 32.1. The summed E-state index contributed by atoms with van der Waals surface area (Å²) in [6.45, 7) is 3.15. The van der Waals surface area contributed by atoms with E-state index in [4.69, 9.17) is 4.74 Å². The molecule has 2 N–H and O–H groups in total. The number of aryl methyl sites for hydroxylation is 2. The molecule has 142 valence electrons. The molecule has 0 bridgehead atoms. The fraction of sp³-hybridized carbons (Fsp3) is 0.429. The Hall–Kier alpha value is -2.34. The quantitative estimate of drug-likeness (QED) is 0.775. The molecular weight excluding hydrogens is 360 g/mol. The van der Waals surface area contributed by atoms with Crippen LogP contribution in [0.5, 0.6) is 5.75 Å². The van der Waals surface area contributed by atoms with Gasteiger partial charge in [-0.1, -0.05) is 6.92 Å². The van der Waals surface area contributed by atoms with Crippen LogP contribution in [0.15, 0.2) is 24.3 Å². The minimum absolute atomic E-state index is 0.0150. The van der Waals surface area contributed by atoms with E-state index in [0.29, 0.717) is 25.5 Å². The van der Waals surface area contributed by atoms with E-state index in [1.54, 1.807) is 11.3 Å². The van der Waals surface area contributed by atoms with Crippen LogP contribution >= 0.6 is 11.3 Å². The lowest BCUT2D eigenvalue weighted by atomic mass is 9.90. The SMILES string of the molecule is CC1CCc2sc(C(=O)NCCOc3ccc4c(c3)CCC(=O)N4)cc2C1. The number of rotatable bonds is 5. The van der Waals surface area contributed by atoms with E-state index in [1.807, 2.05) is 18.2 Å². The van der Waals surface area contributed by atoms with Crippen LogP contribution in [0, 0.1) is 5.92 Å². The van der Waals surface area contributed by atoms with E-state index in [2.05, 4.69) is 23.6 Å². The Morgan fingerprint density at radius 1 is 1.26 bits per heavy atom. The Kier molecular flexibility index (Phi) is 5.16. The van der Waals surface area contributed by atoms with Gasteiger partial charge in [0.25, 0.3) is 5.91 Å².